The highest BCUT2D eigenvalue weighted by Gasteiger charge is 2.34. The molecule has 1 atom stereocenters. The fourth-order valence-corrected chi connectivity index (χ4v) is 4.84. The Morgan fingerprint density at radius 1 is 1.19 bits per heavy atom. The number of carbonyl (C=O) groups is 1. The Bertz CT molecular complexity index is 1320. The van der Waals surface area contributed by atoms with E-state index in [1.165, 1.54) is 11.2 Å². The molecule has 1 saturated heterocycles. The van der Waals surface area contributed by atoms with Gasteiger partial charge in [0.25, 0.3) is 5.91 Å². The fourth-order valence-electron chi connectivity index (χ4n) is 4.10. The Kier molecular flexibility index (Phi) is 5.80. The number of fused-ring (bicyclic) bond motifs is 1. The van der Waals surface area contributed by atoms with E-state index in [9.17, 15) is 4.79 Å². The maximum Gasteiger partial charge on any atom is 0.258 e. The van der Waals surface area contributed by atoms with Gasteiger partial charge in [0.2, 0.25) is 0 Å². The first-order valence-corrected chi connectivity index (χ1v) is 12.1. The molecular formula is C23H19Cl2N5OS. The molecule has 1 N–H and O–H groups in total. The zero-order valence-corrected chi connectivity index (χ0v) is 19.5. The minimum absolute atomic E-state index is 0.126. The Labute approximate surface area is 199 Å². The molecule has 0 radical (unpaired) electrons. The predicted molar refractivity (Wildman–Crippen MR) is 128 cm³/mol. The summed E-state index contributed by atoms with van der Waals surface area (Å²) in [5.41, 5.74) is 3.55. The first kappa shape index (κ1) is 21.2. The van der Waals surface area contributed by atoms with Gasteiger partial charge in [-0.25, -0.2) is 15.0 Å². The summed E-state index contributed by atoms with van der Waals surface area (Å²) >= 11 is 13.9. The summed E-state index contributed by atoms with van der Waals surface area (Å²) in [5, 5.41) is 0.860. The van der Waals surface area contributed by atoms with Crippen LogP contribution in [0.2, 0.25) is 10.0 Å². The van der Waals surface area contributed by atoms with E-state index >= 15 is 0 Å². The molecule has 0 saturated carbocycles. The van der Waals surface area contributed by atoms with Crippen LogP contribution in [0.15, 0.2) is 53.8 Å². The summed E-state index contributed by atoms with van der Waals surface area (Å²) in [6.07, 6.45) is 6.78. The lowest BCUT2D eigenvalue weighted by Gasteiger charge is -2.24. The van der Waals surface area contributed by atoms with Crippen molar-refractivity contribution in [3.05, 3.63) is 70.4 Å². The number of thioether (sulfide) groups is 1. The molecule has 4 aromatic rings. The Balaban J connectivity index is 1.50. The zero-order chi connectivity index (χ0) is 22.2. The van der Waals surface area contributed by atoms with E-state index in [4.69, 9.17) is 28.2 Å². The number of nitrogens with one attached hydrogen (secondary N) is 1. The van der Waals surface area contributed by atoms with Crippen LogP contribution in [0.5, 0.6) is 0 Å². The maximum absolute atomic E-state index is 13.6. The quantitative estimate of drug-likeness (QED) is 0.358. The summed E-state index contributed by atoms with van der Waals surface area (Å²) in [4.78, 5) is 33.3. The van der Waals surface area contributed by atoms with Crippen LogP contribution in [-0.2, 0) is 0 Å². The number of halogens is 2. The maximum atomic E-state index is 13.6. The van der Waals surface area contributed by atoms with E-state index in [0.717, 1.165) is 29.7 Å². The van der Waals surface area contributed by atoms with Gasteiger partial charge in [-0.05, 0) is 49.4 Å². The molecule has 162 valence electrons. The lowest BCUT2D eigenvalue weighted by molar-refractivity contribution is 0.0730. The first-order chi connectivity index (χ1) is 15.5. The molecule has 2 aromatic carbocycles. The third kappa shape index (κ3) is 3.85. The zero-order valence-electron chi connectivity index (χ0n) is 17.2. The van der Waals surface area contributed by atoms with Crippen LogP contribution in [-0.4, -0.2) is 43.5 Å². The molecule has 5 rings (SSSR count). The molecule has 2 aromatic heterocycles. The summed E-state index contributed by atoms with van der Waals surface area (Å²) < 4.78 is 0. The lowest BCUT2D eigenvalue weighted by atomic mass is 10.1. The number of carbonyl (C=O) groups excluding carboxylic acids is 1. The minimum atomic E-state index is -0.130. The minimum Gasteiger partial charge on any atom is -0.340 e. The van der Waals surface area contributed by atoms with Crippen molar-refractivity contribution in [1.82, 2.24) is 24.8 Å². The van der Waals surface area contributed by atoms with Crippen molar-refractivity contribution in [3.63, 3.8) is 0 Å². The van der Waals surface area contributed by atoms with E-state index in [1.807, 2.05) is 17.2 Å². The summed E-state index contributed by atoms with van der Waals surface area (Å²) in [7, 11) is 0. The first-order valence-electron chi connectivity index (χ1n) is 10.1. The number of hydrogen-bond acceptors (Lipinski definition) is 5. The second-order valence-corrected chi connectivity index (χ2v) is 9.27. The van der Waals surface area contributed by atoms with Gasteiger partial charge in [-0.15, -0.1) is 11.8 Å². The van der Waals surface area contributed by atoms with Crippen LogP contribution >= 0.6 is 35.0 Å². The standard InChI is InChI=1S/C23H19Cl2N5OS/c1-32-14-5-7-18-19(10-14)29-22(28-18)20-3-2-8-30(20)23(31)15-11-26-12-27-21(15)13-4-6-16(24)17(25)9-13/h4-7,9-12,20H,2-3,8H2,1H3,(H,28,29). The number of hydrogen-bond donors (Lipinski definition) is 1. The van der Waals surface area contributed by atoms with E-state index in [0.29, 0.717) is 33.4 Å². The van der Waals surface area contributed by atoms with Crippen LogP contribution in [0.3, 0.4) is 0 Å². The summed E-state index contributed by atoms with van der Waals surface area (Å²) in [5.74, 6) is 0.677. The summed E-state index contributed by atoms with van der Waals surface area (Å²) in [6.45, 7) is 0.645. The second kappa shape index (κ2) is 8.73. The second-order valence-electron chi connectivity index (χ2n) is 7.58. The van der Waals surface area contributed by atoms with Gasteiger partial charge in [-0.2, -0.15) is 0 Å². The number of aromatic nitrogens is 4. The van der Waals surface area contributed by atoms with Gasteiger partial charge in [-0.1, -0.05) is 29.3 Å². The molecule has 1 unspecified atom stereocenters. The highest BCUT2D eigenvalue weighted by molar-refractivity contribution is 7.98. The Morgan fingerprint density at radius 3 is 2.88 bits per heavy atom. The van der Waals surface area contributed by atoms with Crippen molar-refractivity contribution in [2.24, 2.45) is 0 Å². The van der Waals surface area contributed by atoms with Crippen LogP contribution in [0, 0.1) is 0 Å². The normalized spacial score (nSPS) is 16.1. The highest BCUT2D eigenvalue weighted by atomic mass is 35.5. The number of aromatic amines is 1. The number of benzene rings is 2. The van der Waals surface area contributed by atoms with Crippen molar-refractivity contribution in [3.8, 4) is 11.3 Å². The monoisotopic (exact) mass is 483 g/mol. The largest absolute Gasteiger partial charge is 0.340 e. The average molecular weight is 484 g/mol. The third-order valence-electron chi connectivity index (χ3n) is 5.67. The molecule has 0 aliphatic carbocycles. The van der Waals surface area contributed by atoms with E-state index in [-0.39, 0.29) is 11.9 Å². The summed E-state index contributed by atoms with van der Waals surface area (Å²) in [6, 6.07) is 11.2. The predicted octanol–water partition coefficient (Wildman–Crippen LogP) is 6.03. The number of nitrogens with zero attached hydrogens (tertiary/aromatic N) is 4. The van der Waals surface area contributed by atoms with Crippen molar-refractivity contribution in [1.29, 1.82) is 0 Å². The van der Waals surface area contributed by atoms with E-state index < -0.39 is 0 Å². The van der Waals surface area contributed by atoms with E-state index in [1.54, 1.807) is 36.2 Å². The van der Waals surface area contributed by atoms with Gasteiger partial charge < -0.3 is 9.88 Å². The topological polar surface area (TPSA) is 74.8 Å². The number of amides is 1. The molecule has 32 heavy (non-hydrogen) atoms. The number of rotatable bonds is 4. The van der Waals surface area contributed by atoms with Gasteiger partial charge in [0.1, 0.15) is 12.2 Å². The molecule has 1 amide bonds. The van der Waals surface area contributed by atoms with E-state index in [2.05, 4.69) is 27.1 Å². The van der Waals surface area contributed by atoms with Gasteiger partial charge in [0.05, 0.1) is 38.4 Å². The number of likely N-dealkylation sites (tertiary alicyclic amines) is 1. The fraction of sp³-hybridized carbons (Fsp3) is 0.217. The molecule has 6 nitrogen and oxygen atoms in total. The van der Waals surface area contributed by atoms with Crippen LogP contribution in [0.1, 0.15) is 35.1 Å². The molecule has 1 aliphatic heterocycles. The Hall–Kier alpha value is -2.61. The molecule has 3 heterocycles. The van der Waals surface area contributed by atoms with Gasteiger partial charge in [0, 0.05) is 23.2 Å². The molecule has 1 fully saturated rings. The van der Waals surface area contributed by atoms with Gasteiger partial charge in [-0.3, -0.25) is 4.79 Å². The van der Waals surface area contributed by atoms with Crippen molar-refractivity contribution in [2.75, 3.05) is 12.8 Å². The molecule has 1 aliphatic rings. The smallest absolute Gasteiger partial charge is 0.258 e. The molecule has 0 bridgehead atoms. The van der Waals surface area contributed by atoms with Crippen molar-refractivity contribution >= 4 is 51.9 Å². The number of imidazole rings is 1. The average Bonchev–Trinajstić information content (AvgIpc) is 3.46. The van der Waals surface area contributed by atoms with Crippen LogP contribution in [0.4, 0.5) is 0 Å². The molecule has 0 spiro atoms. The van der Waals surface area contributed by atoms with Crippen molar-refractivity contribution < 1.29 is 4.79 Å². The number of H-pyrrole nitrogens is 1. The highest BCUT2D eigenvalue weighted by Crippen LogP contribution is 2.35. The lowest BCUT2D eigenvalue weighted by Crippen LogP contribution is -2.31. The van der Waals surface area contributed by atoms with Gasteiger partial charge >= 0.3 is 0 Å². The van der Waals surface area contributed by atoms with Crippen LogP contribution in [0.25, 0.3) is 22.3 Å². The van der Waals surface area contributed by atoms with Crippen molar-refractivity contribution in [2.45, 2.75) is 23.8 Å². The SMILES string of the molecule is CSc1ccc2nc(C3CCCN3C(=O)c3cncnc3-c3ccc(Cl)c(Cl)c3)[nH]c2c1. The third-order valence-corrected chi connectivity index (χ3v) is 7.14. The Morgan fingerprint density at radius 2 is 2.06 bits per heavy atom. The van der Waals surface area contributed by atoms with Gasteiger partial charge in [0.15, 0.2) is 0 Å². The molecular weight excluding hydrogens is 465 g/mol. The van der Waals surface area contributed by atoms with Crippen LogP contribution < -0.4 is 0 Å². The molecule has 9 heteroatoms.